The first-order valence-electron chi connectivity index (χ1n) is 13.5. The Kier molecular flexibility index (Phi) is 24.6. The summed E-state index contributed by atoms with van der Waals surface area (Å²) in [6.07, 6.45) is 27.0. The van der Waals surface area contributed by atoms with Gasteiger partial charge in [-0.15, -0.1) is 0 Å². The number of aliphatic hydroxyl groups is 1. The van der Waals surface area contributed by atoms with Crippen LogP contribution in [0.3, 0.4) is 0 Å². The van der Waals surface area contributed by atoms with Gasteiger partial charge in [0.15, 0.2) is 0 Å². The molecule has 4 heteroatoms. The lowest BCUT2D eigenvalue weighted by Gasteiger charge is -2.04. The Hall–Kier alpha value is -0.900. The number of carboxylic acids is 1. The number of carbonyl (C=O) groups excluding carboxylic acids is 1. The lowest BCUT2D eigenvalue weighted by Crippen LogP contribution is -1.97. The molecule has 0 rings (SSSR count). The SMILES string of the molecule is O=C(O)CCCCCCCCCCCC(=O)CCCCCCCCCCCCCCO. The van der Waals surface area contributed by atoms with Gasteiger partial charge in [-0.05, 0) is 25.7 Å². The molecule has 0 radical (unpaired) electrons. The van der Waals surface area contributed by atoms with Crippen LogP contribution in [0.4, 0.5) is 0 Å². The molecule has 0 spiro atoms. The monoisotopic (exact) mass is 440 g/mol. The minimum Gasteiger partial charge on any atom is -0.481 e. The normalized spacial score (nSPS) is 11.1. The number of Topliss-reactive ketones (excluding diaryl/α,β-unsaturated/α-hetero) is 1. The molecule has 0 heterocycles. The molecule has 0 aromatic heterocycles. The van der Waals surface area contributed by atoms with Crippen molar-refractivity contribution in [3.05, 3.63) is 0 Å². The molecule has 31 heavy (non-hydrogen) atoms. The molecule has 0 unspecified atom stereocenters. The average molecular weight is 441 g/mol. The van der Waals surface area contributed by atoms with Gasteiger partial charge in [0.2, 0.25) is 0 Å². The van der Waals surface area contributed by atoms with E-state index in [4.69, 9.17) is 10.2 Å². The van der Waals surface area contributed by atoms with E-state index in [1.165, 1.54) is 96.3 Å². The van der Waals surface area contributed by atoms with Crippen LogP contribution in [-0.2, 0) is 9.59 Å². The molecule has 0 aliphatic heterocycles. The summed E-state index contributed by atoms with van der Waals surface area (Å²) in [4.78, 5) is 22.4. The van der Waals surface area contributed by atoms with Crippen molar-refractivity contribution in [2.75, 3.05) is 6.61 Å². The molecule has 0 aliphatic rings. The predicted molar refractivity (Wildman–Crippen MR) is 131 cm³/mol. The van der Waals surface area contributed by atoms with Gasteiger partial charge in [0.05, 0.1) is 0 Å². The molecule has 184 valence electrons. The first-order chi connectivity index (χ1) is 15.2. The Morgan fingerprint density at radius 2 is 0.645 bits per heavy atom. The third-order valence-electron chi connectivity index (χ3n) is 6.21. The van der Waals surface area contributed by atoms with Crippen molar-refractivity contribution in [3.63, 3.8) is 0 Å². The molecule has 0 saturated carbocycles. The third kappa shape index (κ3) is 27.1. The van der Waals surface area contributed by atoms with Crippen molar-refractivity contribution in [1.29, 1.82) is 0 Å². The number of unbranched alkanes of at least 4 members (excludes halogenated alkanes) is 19. The molecule has 0 atom stereocenters. The van der Waals surface area contributed by atoms with E-state index in [0.29, 0.717) is 18.8 Å². The van der Waals surface area contributed by atoms with Gasteiger partial charge in [0.25, 0.3) is 0 Å². The van der Waals surface area contributed by atoms with Gasteiger partial charge < -0.3 is 10.2 Å². The maximum Gasteiger partial charge on any atom is 0.303 e. The Bertz CT molecular complexity index is 395. The smallest absolute Gasteiger partial charge is 0.303 e. The number of hydrogen-bond acceptors (Lipinski definition) is 3. The summed E-state index contributed by atoms with van der Waals surface area (Å²) in [5, 5.41) is 17.3. The number of aliphatic carboxylic acids is 1. The highest BCUT2D eigenvalue weighted by Gasteiger charge is 2.02. The Morgan fingerprint density at radius 1 is 0.387 bits per heavy atom. The van der Waals surface area contributed by atoms with E-state index < -0.39 is 5.97 Å². The standard InChI is InChI=1S/C27H52O4/c28-25-21-17-13-9-4-2-1-3-6-10-14-18-22-26(29)23-19-15-11-7-5-8-12-16-20-24-27(30)31/h28H,1-25H2,(H,30,31). The van der Waals surface area contributed by atoms with Crippen molar-refractivity contribution in [2.45, 2.75) is 154 Å². The third-order valence-corrected chi connectivity index (χ3v) is 6.21. The zero-order chi connectivity index (χ0) is 22.8. The molecule has 0 bridgehead atoms. The van der Waals surface area contributed by atoms with E-state index in [1.54, 1.807) is 0 Å². The second-order valence-electron chi connectivity index (χ2n) is 9.33. The highest BCUT2D eigenvalue weighted by Crippen LogP contribution is 2.14. The first-order valence-corrected chi connectivity index (χ1v) is 13.5. The van der Waals surface area contributed by atoms with Gasteiger partial charge in [-0.25, -0.2) is 0 Å². The van der Waals surface area contributed by atoms with Crippen LogP contribution in [0.2, 0.25) is 0 Å². The van der Waals surface area contributed by atoms with Gasteiger partial charge >= 0.3 is 5.97 Å². The molecular formula is C27H52O4. The number of rotatable bonds is 26. The number of hydrogen-bond donors (Lipinski definition) is 2. The number of carboxylic acid groups (broad SMARTS) is 1. The predicted octanol–water partition coefficient (Wildman–Crippen LogP) is 7.99. The summed E-state index contributed by atoms with van der Waals surface area (Å²) in [7, 11) is 0. The van der Waals surface area contributed by atoms with E-state index in [9.17, 15) is 9.59 Å². The van der Waals surface area contributed by atoms with Crippen molar-refractivity contribution >= 4 is 11.8 Å². The summed E-state index contributed by atoms with van der Waals surface area (Å²) in [5.74, 6) is -0.224. The highest BCUT2D eigenvalue weighted by molar-refractivity contribution is 5.78. The van der Waals surface area contributed by atoms with Crippen LogP contribution in [0.1, 0.15) is 154 Å². The number of ketones is 1. The fourth-order valence-electron chi connectivity index (χ4n) is 4.16. The lowest BCUT2D eigenvalue weighted by atomic mass is 10.0. The van der Waals surface area contributed by atoms with Gasteiger partial charge in [0, 0.05) is 25.9 Å². The van der Waals surface area contributed by atoms with Crippen LogP contribution in [-0.4, -0.2) is 28.6 Å². The van der Waals surface area contributed by atoms with E-state index in [0.717, 1.165) is 51.4 Å². The summed E-state index contributed by atoms with van der Waals surface area (Å²) < 4.78 is 0. The fraction of sp³-hybridized carbons (Fsp3) is 0.926. The van der Waals surface area contributed by atoms with Gasteiger partial charge in [-0.1, -0.05) is 109 Å². The van der Waals surface area contributed by atoms with Crippen molar-refractivity contribution in [2.24, 2.45) is 0 Å². The van der Waals surface area contributed by atoms with Crippen LogP contribution in [0.5, 0.6) is 0 Å². The van der Waals surface area contributed by atoms with Crippen LogP contribution in [0.25, 0.3) is 0 Å². The van der Waals surface area contributed by atoms with Crippen LogP contribution in [0, 0.1) is 0 Å². The minimum absolute atomic E-state index is 0.307. The molecule has 0 amide bonds. The minimum atomic E-state index is -0.682. The largest absolute Gasteiger partial charge is 0.481 e. The van der Waals surface area contributed by atoms with Crippen molar-refractivity contribution in [1.82, 2.24) is 0 Å². The lowest BCUT2D eigenvalue weighted by molar-refractivity contribution is -0.137. The number of carbonyl (C=O) groups is 2. The quantitative estimate of drug-likeness (QED) is 0.134. The second-order valence-corrected chi connectivity index (χ2v) is 9.33. The summed E-state index contributed by atoms with van der Waals surface area (Å²) in [6.45, 7) is 0.340. The van der Waals surface area contributed by atoms with E-state index in [-0.39, 0.29) is 0 Å². The molecule has 0 saturated heterocycles. The maximum atomic E-state index is 12.0. The van der Waals surface area contributed by atoms with Crippen molar-refractivity contribution < 1.29 is 19.8 Å². The molecule has 0 aromatic carbocycles. The summed E-state index contributed by atoms with van der Waals surface area (Å²) in [5.41, 5.74) is 0. The fourth-order valence-corrected chi connectivity index (χ4v) is 4.16. The average Bonchev–Trinajstić information content (AvgIpc) is 2.75. The molecule has 0 aromatic rings. The first kappa shape index (κ1) is 30.1. The summed E-state index contributed by atoms with van der Waals surface area (Å²) >= 11 is 0. The van der Waals surface area contributed by atoms with Crippen molar-refractivity contribution in [3.8, 4) is 0 Å². The van der Waals surface area contributed by atoms with Crippen LogP contribution < -0.4 is 0 Å². The summed E-state index contributed by atoms with van der Waals surface area (Å²) in [6, 6.07) is 0. The van der Waals surface area contributed by atoms with E-state index >= 15 is 0 Å². The maximum absolute atomic E-state index is 12.0. The molecule has 0 fully saturated rings. The van der Waals surface area contributed by atoms with E-state index in [2.05, 4.69) is 0 Å². The molecular weight excluding hydrogens is 388 g/mol. The number of aliphatic hydroxyl groups excluding tert-OH is 1. The van der Waals surface area contributed by atoms with Crippen LogP contribution >= 0.6 is 0 Å². The van der Waals surface area contributed by atoms with Crippen LogP contribution in [0.15, 0.2) is 0 Å². The Labute approximate surface area is 192 Å². The highest BCUT2D eigenvalue weighted by atomic mass is 16.4. The Balaban J connectivity index is 3.16. The zero-order valence-corrected chi connectivity index (χ0v) is 20.4. The molecule has 2 N–H and O–H groups in total. The molecule has 4 nitrogen and oxygen atoms in total. The Morgan fingerprint density at radius 3 is 0.935 bits per heavy atom. The van der Waals surface area contributed by atoms with Gasteiger partial charge in [0.1, 0.15) is 5.78 Å². The second kappa shape index (κ2) is 25.4. The molecule has 0 aliphatic carbocycles. The van der Waals surface area contributed by atoms with Gasteiger partial charge in [-0.3, -0.25) is 9.59 Å². The van der Waals surface area contributed by atoms with E-state index in [1.807, 2.05) is 0 Å². The zero-order valence-electron chi connectivity index (χ0n) is 20.4. The topological polar surface area (TPSA) is 74.6 Å². The van der Waals surface area contributed by atoms with Gasteiger partial charge in [-0.2, -0.15) is 0 Å².